The van der Waals surface area contributed by atoms with Crippen molar-refractivity contribution in [3.05, 3.63) is 58.1 Å². The van der Waals surface area contributed by atoms with Crippen molar-refractivity contribution >= 4 is 34.8 Å². The first-order valence-electron chi connectivity index (χ1n) is 6.49. The van der Waals surface area contributed by atoms with Crippen LogP contribution < -0.4 is 10.1 Å². The third-order valence-electron chi connectivity index (χ3n) is 2.66. The summed E-state index contributed by atoms with van der Waals surface area (Å²) in [7, 11) is 0. The predicted molar refractivity (Wildman–Crippen MR) is 86.6 cm³/mol. The minimum atomic E-state index is -0.222. The second-order valence-corrected chi connectivity index (χ2v) is 5.62. The molecule has 0 aromatic heterocycles. The Morgan fingerprint density at radius 3 is 2.33 bits per heavy atom. The summed E-state index contributed by atoms with van der Waals surface area (Å²) < 4.78 is 5.54. The van der Waals surface area contributed by atoms with E-state index in [1.807, 2.05) is 13.8 Å². The van der Waals surface area contributed by atoms with E-state index in [2.05, 4.69) is 5.32 Å². The van der Waals surface area contributed by atoms with E-state index in [1.54, 1.807) is 42.5 Å². The normalized spacial score (nSPS) is 10.5. The van der Waals surface area contributed by atoms with Crippen LogP contribution in [0.3, 0.4) is 0 Å². The standard InChI is InChI=1S/C16H15Cl2NO2/c1-10(2)21-15-8-7-13(9-14(15)18)19-16(20)11-3-5-12(17)6-4-11/h3-10H,1-2H3,(H,19,20). The SMILES string of the molecule is CC(C)Oc1ccc(NC(=O)c2ccc(Cl)cc2)cc1Cl. The monoisotopic (exact) mass is 323 g/mol. The van der Waals surface area contributed by atoms with E-state index in [0.29, 0.717) is 27.0 Å². The van der Waals surface area contributed by atoms with Gasteiger partial charge in [-0.3, -0.25) is 4.79 Å². The van der Waals surface area contributed by atoms with Gasteiger partial charge in [-0.15, -0.1) is 0 Å². The van der Waals surface area contributed by atoms with Gasteiger partial charge in [-0.1, -0.05) is 23.2 Å². The first-order valence-corrected chi connectivity index (χ1v) is 7.24. The highest BCUT2D eigenvalue weighted by molar-refractivity contribution is 6.32. The number of hydrogen-bond donors (Lipinski definition) is 1. The molecule has 0 spiro atoms. The molecule has 0 aliphatic heterocycles. The van der Waals surface area contributed by atoms with Crippen molar-refractivity contribution in [2.45, 2.75) is 20.0 Å². The molecule has 2 aromatic carbocycles. The first kappa shape index (κ1) is 15.7. The van der Waals surface area contributed by atoms with Crippen LogP contribution in [0.25, 0.3) is 0 Å². The maximum atomic E-state index is 12.1. The maximum Gasteiger partial charge on any atom is 0.255 e. The summed E-state index contributed by atoms with van der Waals surface area (Å²) >= 11 is 11.9. The second-order valence-electron chi connectivity index (χ2n) is 4.77. The van der Waals surface area contributed by atoms with Crippen LogP contribution in [0.15, 0.2) is 42.5 Å². The molecule has 2 aromatic rings. The van der Waals surface area contributed by atoms with Crippen molar-refractivity contribution in [3.63, 3.8) is 0 Å². The average molecular weight is 324 g/mol. The Labute approximate surface area is 133 Å². The number of nitrogens with one attached hydrogen (secondary N) is 1. The molecule has 3 nitrogen and oxygen atoms in total. The summed E-state index contributed by atoms with van der Waals surface area (Å²) in [6.07, 6.45) is 0.0389. The Morgan fingerprint density at radius 1 is 1.10 bits per heavy atom. The quantitative estimate of drug-likeness (QED) is 0.856. The van der Waals surface area contributed by atoms with E-state index in [9.17, 15) is 4.79 Å². The van der Waals surface area contributed by atoms with Crippen LogP contribution in [0.1, 0.15) is 24.2 Å². The molecule has 0 unspecified atom stereocenters. The molecule has 110 valence electrons. The van der Waals surface area contributed by atoms with Crippen LogP contribution in [0.4, 0.5) is 5.69 Å². The van der Waals surface area contributed by atoms with E-state index in [0.717, 1.165) is 0 Å². The third-order valence-corrected chi connectivity index (χ3v) is 3.21. The Morgan fingerprint density at radius 2 is 1.76 bits per heavy atom. The highest BCUT2D eigenvalue weighted by Gasteiger charge is 2.09. The predicted octanol–water partition coefficient (Wildman–Crippen LogP) is 5.03. The highest BCUT2D eigenvalue weighted by Crippen LogP contribution is 2.28. The largest absolute Gasteiger partial charge is 0.489 e. The van der Waals surface area contributed by atoms with Crippen molar-refractivity contribution < 1.29 is 9.53 Å². The fourth-order valence-electron chi connectivity index (χ4n) is 1.73. The van der Waals surface area contributed by atoms with Crippen LogP contribution in [-0.4, -0.2) is 12.0 Å². The minimum absolute atomic E-state index is 0.0389. The molecule has 2 rings (SSSR count). The van der Waals surface area contributed by atoms with Gasteiger partial charge in [0.05, 0.1) is 11.1 Å². The van der Waals surface area contributed by atoms with Crippen LogP contribution in [0, 0.1) is 0 Å². The molecule has 0 bridgehead atoms. The number of amides is 1. The van der Waals surface area contributed by atoms with Crippen molar-refractivity contribution in [2.75, 3.05) is 5.32 Å². The summed E-state index contributed by atoms with van der Waals surface area (Å²) in [4.78, 5) is 12.1. The summed E-state index contributed by atoms with van der Waals surface area (Å²) in [5.74, 6) is 0.372. The first-order chi connectivity index (χ1) is 9.95. The lowest BCUT2D eigenvalue weighted by Crippen LogP contribution is -2.12. The Balaban J connectivity index is 2.11. The van der Waals surface area contributed by atoms with E-state index >= 15 is 0 Å². The number of benzene rings is 2. The van der Waals surface area contributed by atoms with Gasteiger partial charge in [0.25, 0.3) is 5.91 Å². The Hall–Kier alpha value is -1.71. The van der Waals surface area contributed by atoms with Crippen LogP contribution in [0.2, 0.25) is 10.0 Å². The van der Waals surface area contributed by atoms with E-state index in [4.69, 9.17) is 27.9 Å². The fraction of sp³-hybridized carbons (Fsp3) is 0.188. The molecular formula is C16H15Cl2NO2. The lowest BCUT2D eigenvalue weighted by atomic mass is 10.2. The summed E-state index contributed by atoms with van der Waals surface area (Å²) in [5.41, 5.74) is 1.13. The van der Waals surface area contributed by atoms with Gasteiger partial charge in [0, 0.05) is 16.3 Å². The summed E-state index contributed by atoms with van der Waals surface area (Å²) in [6.45, 7) is 3.85. The lowest BCUT2D eigenvalue weighted by molar-refractivity contribution is 0.102. The minimum Gasteiger partial charge on any atom is -0.489 e. The molecule has 0 aliphatic rings. The maximum absolute atomic E-state index is 12.1. The molecule has 1 N–H and O–H groups in total. The van der Waals surface area contributed by atoms with Gasteiger partial charge in [0.2, 0.25) is 0 Å². The van der Waals surface area contributed by atoms with Crippen molar-refractivity contribution in [1.29, 1.82) is 0 Å². The van der Waals surface area contributed by atoms with Crippen LogP contribution in [-0.2, 0) is 0 Å². The van der Waals surface area contributed by atoms with E-state index in [1.165, 1.54) is 0 Å². The second kappa shape index (κ2) is 6.83. The zero-order valence-electron chi connectivity index (χ0n) is 11.7. The number of rotatable bonds is 4. The molecule has 0 heterocycles. The molecule has 21 heavy (non-hydrogen) atoms. The molecule has 0 saturated heterocycles. The highest BCUT2D eigenvalue weighted by atomic mass is 35.5. The van der Waals surface area contributed by atoms with Gasteiger partial charge in [0.15, 0.2) is 0 Å². The van der Waals surface area contributed by atoms with Gasteiger partial charge in [-0.05, 0) is 56.3 Å². The smallest absolute Gasteiger partial charge is 0.255 e. The number of hydrogen-bond acceptors (Lipinski definition) is 2. The summed E-state index contributed by atoms with van der Waals surface area (Å²) in [5, 5.41) is 3.82. The van der Waals surface area contributed by atoms with Gasteiger partial charge >= 0.3 is 0 Å². The number of ether oxygens (including phenoxy) is 1. The number of halogens is 2. The van der Waals surface area contributed by atoms with Gasteiger partial charge < -0.3 is 10.1 Å². The fourth-order valence-corrected chi connectivity index (χ4v) is 2.08. The molecule has 0 radical (unpaired) electrons. The van der Waals surface area contributed by atoms with Crippen molar-refractivity contribution in [3.8, 4) is 5.75 Å². The molecule has 0 fully saturated rings. The summed E-state index contributed by atoms with van der Waals surface area (Å²) in [6, 6.07) is 11.8. The molecule has 0 aliphatic carbocycles. The molecular weight excluding hydrogens is 309 g/mol. The van der Waals surface area contributed by atoms with Crippen molar-refractivity contribution in [2.24, 2.45) is 0 Å². The number of anilines is 1. The van der Waals surface area contributed by atoms with Crippen LogP contribution >= 0.6 is 23.2 Å². The van der Waals surface area contributed by atoms with Gasteiger partial charge in [0.1, 0.15) is 5.75 Å². The van der Waals surface area contributed by atoms with E-state index < -0.39 is 0 Å². The molecule has 0 atom stereocenters. The number of carbonyl (C=O) groups is 1. The van der Waals surface area contributed by atoms with Crippen molar-refractivity contribution in [1.82, 2.24) is 0 Å². The molecule has 1 amide bonds. The van der Waals surface area contributed by atoms with Crippen LogP contribution in [0.5, 0.6) is 5.75 Å². The lowest BCUT2D eigenvalue weighted by Gasteiger charge is -2.12. The Kier molecular flexibility index (Phi) is 5.10. The Bertz CT molecular complexity index is 639. The van der Waals surface area contributed by atoms with Gasteiger partial charge in [-0.2, -0.15) is 0 Å². The number of carbonyl (C=O) groups excluding carboxylic acids is 1. The van der Waals surface area contributed by atoms with E-state index in [-0.39, 0.29) is 12.0 Å². The average Bonchev–Trinajstić information content (AvgIpc) is 2.42. The molecule has 5 heteroatoms. The van der Waals surface area contributed by atoms with Gasteiger partial charge in [-0.25, -0.2) is 0 Å². The molecule has 0 saturated carbocycles. The third kappa shape index (κ3) is 4.38. The zero-order chi connectivity index (χ0) is 15.4. The zero-order valence-corrected chi connectivity index (χ0v) is 13.2. The topological polar surface area (TPSA) is 38.3 Å².